The van der Waals surface area contributed by atoms with E-state index in [9.17, 15) is 13.2 Å². The number of aromatic nitrogens is 2. The molecule has 158 valence electrons. The minimum absolute atomic E-state index is 0.557. The predicted molar refractivity (Wildman–Crippen MR) is 109 cm³/mol. The van der Waals surface area contributed by atoms with Crippen LogP contribution in [0.4, 0.5) is 19.0 Å². The number of rotatable bonds is 4. The Kier molecular flexibility index (Phi) is 5.32. The Bertz CT molecular complexity index is 1040. The second-order valence-electron chi connectivity index (χ2n) is 7.08. The highest BCUT2D eigenvalue weighted by Gasteiger charge is 2.30. The van der Waals surface area contributed by atoms with Gasteiger partial charge in [-0.2, -0.15) is 18.3 Å². The van der Waals surface area contributed by atoms with Gasteiger partial charge in [0.15, 0.2) is 0 Å². The molecule has 0 saturated heterocycles. The lowest BCUT2D eigenvalue weighted by Crippen LogP contribution is -2.08. The Balaban J connectivity index is 1.88. The van der Waals surface area contributed by atoms with Crippen LogP contribution in [0.2, 0.25) is 0 Å². The maximum atomic E-state index is 13.0. The standard InChI is InChI=1S/C22H22F3N3O2/c1-29-16-10-11-19(30-2)18(13-16)20-17-5-3-4-12-26-21(17)28(27-20)15-8-6-14(7-9-15)22(23,24)25/h6-11,13,26H,3-5,12H2,1-2H3. The number of benzene rings is 2. The second kappa shape index (κ2) is 7.93. The summed E-state index contributed by atoms with van der Waals surface area (Å²) in [5, 5.41) is 8.19. The fraction of sp³-hybridized carbons (Fsp3) is 0.318. The number of fused-ring (bicyclic) bond motifs is 1. The highest BCUT2D eigenvalue weighted by molar-refractivity contribution is 5.76. The van der Waals surface area contributed by atoms with Crippen molar-refractivity contribution >= 4 is 5.82 Å². The summed E-state index contributed by atoms with van der Waals surface area (Å²) in [6.45, 7) is 0.772. The first-order valence-corrected chi connectivity index (χ1v) is 9.68. The summed E-state index contributed by atoms with van der Waals surface area (Å²) in [4.78, 5) is 0. The van der Waals surface area contributed by atoms with Gasteiger partial charge in [0.05, 0.1) is 25.5 Å². The summed E-state index contributed by atoms with van der Waals surface area (Å²) >= 11 is 0. The van der Waals surface area contributed by atoms with Crippen LogP contribution in [0.3, 0.4) is 0 Å². The summed E-state index contributed by atoms with van der Waals surface area (Å²) in [6, 6.07) is 10.5. The molecule has 1 aliphatic heterocycles. The van der Waals surface area contributed by atoms with Gasteiger partial charge in [0.25, 0.3) is 0 Å². The number of hydrogen-bond donors (Lipinski definition) is 1. The third kappa shape index (κ3) is 3.69. The van der Waals surface area contributed by atoms with Gasteiger partial charge in [-0.05, 0) is 61.7 Å². The summed E-state index contributed by atoms with van der Waals surface area (Å²) in [6.07, 6.45) is -1.59. The van der Waals surface area contributed by atoms with Crippen molar-refractivity contribution in [2.45, 2.75) is 25.4 Å². The highest BCUT2D eigenvalue weighted by atomic mass is 19.4. The molecule has 0 saturated carbocycles. The van der Waals surface area contributed by atoms with Crippen molar-refractivity contribution in [3.05, 3.63) is 53.6 Å². The monoisotopic (exact) mass is 417 g/mol. The van der Waals surface area contributed by atoms with Crippen LogP contribution in [0, 0.1) is 0 Å². The van der Waals surface area contributed by atoms with Crippen LogP contribution in [0.25, 0.3) is 16.9 Å². The maximum absolute atomic E-state index is 13.0. The first kappa shape index (κ1) is 20.1. The highest BCUT2D eigenvalue weighted by Crippen LogP contribution is 2.40. The van der Waals surface area contributed by atoms with Crippen molar-refractivity contribution in [3.63, 3.8) is 0 Å². The molecule has 8 heteroatoms. The number of ether oxygens (including phenoxy) is 2. The zero-order chi connectivity index (χ0) is 21.3. The fourth-order valence-electron chi connectivity index (χ4n) is 3.70. The first-order valence-electron chi connectivity index (χ1n) is 9.68. The van der Waals surface area contributed by atoms with Crippen LogP contribution in [-0.4, -0.2) is 30.5 Å². The molecule has 0 radical (unpaired) electrons. The van der Waals surface area contributed by atoms with Gasteiger partial charge in [-0.15, -0.1) is 0 Å². The smallest absolute Gasteiger partial charge is 0.416 e. The van der Waals surface area contributed by atoms with Gasteiger partial charge in [-0.3, -0.25) is 0 Å². The van der Waals surface area contributed by atoms with Crippen LogP contribution < -0.4 is 14.8 Å². The lowest BCUT2D eigenvalue weighted by Gasteiger charge is -2.11. The number of anilines is 1. The number of nitrogens with one attached hydrogen (secondary N) is 1. The van der Waals surface area contributed by atoms with E-state index >= 15 is 0 Å². The van der Waals surface area contributed by atoms with E-state index < -0.39 is 11.7 Å². The largest absolute Gasteiger partial charge is 0.497 e. The molecular weight excluding hydrogens is 395 g/mol. The van der Waals surface area contributed by atoms with Gasteiger partial charge in [-0.1, -0.05) is 0 Å². The van der Waals surface area contributed by atoms with E-state index in [4.69, 9.17) is 14.6 Å². The van der Waals surface area contributed by atoms with Gasteiger partial charge in [-0.25, -0.2) is 4.68 Å². The van der Waals surface area contributed by atoms with E-state index in [1.165, 1.54) is 12.1 Å². The molecule has 2 heterocycles. The molecule has 4 rings (SSSR count). The summed E-state index contributed by atoms with van der Waals surface area (Å²) in [5.41, 5.74) is 2.39. The normalized spacial score (nSPS) is 13.9. The molecule has 5 nitrogen and oxygen atoms in total. The molecule has 1 aromatic heterocycles. The molecular formula is C22H22F3N3O2. The number of hydrogen-bond acceptors (Lipinski definition) is 4. The Morgan fingerprint density at radius 1 is 1.00 bits per heavy atom. The van der Waals surface area contributed by atoms with E-state index in [-0.39, 0.29) is 0 Å². The van der Waals surface area contributed by atoms with Crippen molar-refractivity contribution in [1.82, 2.24) is 9.78 Å². The summed E-state index contributed by atoms with van der Waals surface area (Å²) in [5.74, 6) is 2.12. The van der Waals surface area contributed by atoms with Crippen LogP contribution in [0.1, 0.15) is 24.0 Å². The Hall–Kier alpha value is -3.16. The summed E-state index contributed by atoms with van der Waals surface area (Å²) in [7, 11) is 3.18. The molecule has 0 spiro atoms. The Morgan fingerprint density at radius 2 is 1.77 bits per heavy atom. The van der Waals surface area contributed by atoms with Gasteiger partial charge in [0.1, 0.15) is 23.0 Å². The number of halogens is 3. The minimum atomic E-state index is -4.38. The van der Waals surface area contributed by atoms with Crippen LogP contribution in [-0.2, 0) is 12.6 Å². The molecule has 0 aliphatic carbocycles. The van der Waals surface area contributed by atoms with E-state index in [1.807, 2.05) is 18.2 Å². The molecule has 1 aliphatic rings. The molecule has 3 aromatic rings. The first-order chi connectivity index (χ1) is 14.4. The lowest BCUT2D eigenvalue weighted by molar-refractivity contribution is -0.137. The molecule has 0 unspecified atom stereocenters. The number of methoxy groups -OCH3 is 2. The molecule has 30 heavy (non-hydrogen) atoms. The van der Waals surface area contributed by atoms with Crippen LogP contribution >= 0.6 is 0 Å². The maximum Gasteiger partial charge on any atom is 0.416 e. The number of alkyl halides is 3. The van der Waals surface area contributed by atoms with E-state index in [1.54, 1.807) is 18.9 Å². The summed E-state index contributed by atoms with van der Waals surface area (Å²) < 4.78 is 51.5. The average molecular weight is 417 g/mol. The van der Waals surface area contributed by atoms with Gasteiger partial charge < -0.3 is 14.8 Å². The second-order valence-corrected chi connectivity index (χ2v) is 7.08. The van der Waals surface area contributed by atoms with E-state index in [0.29, 0.717) is 17.2 Å². The third-order valence-corrected chi connectivity index (χ3v) is 5.23. The number of nitrogens with zero attached hydrogens (tertiary/aromatic N) is 2. The minimum Gasteiger partial charge on any atom is -0.497 e. The van der Waals surface area contributed by atoms with Crippen molar-refractivity contribution in [1.29, 1.82) is 0 Å². The topological polar surface area (TPSA) is 48.3 Å². The molecule has 0 bridgehead atoms. The zero-order valence-electron chi connectivity index (χ0n) is 16.7. The van der Waals surface area contributed by atoms with Gasteiger partial charge in [0, 0.05) is 17.7 Å². The molecule has 2 aromatic carbocycles. The molecule has 0 amide bonds. The van der Waals surface area contributed by atoms with Crippen molar-refractivity contribution in [2.24, 2.45) is 0 Å². The van der Waals surface area contributed by atoms with Crippen molar-refractivity contribution < 1.29 is 22.6 Å². The van der Waals surface area contributed by atoms with Gasteiger partial charge >= 0.3 is 6.18 Å². The van der Waals surface area contributed by atoms with Gasteiger partial charge in [0.2, 0.25) is 0 Å². The predicted octanol–water partition coefficient (Wildman–Crippen LogP) is 5.32. The fourth-order valence-corrected chi connectivity index (χ4v) is 3.70. The van der Waals surface area contributed by atoms with Crippen molar-refractivity contribution in [3.8, 4) is 28.4 Å². The quantitative estimate of drug-likeness (QED) is 0.624. The lowest BCUT2D eigenvalue weighted by atomic mass is 10.0. The molecule has 1 N–H and O–H groups in total. The Morgan fingerprint density at radius 3 is 2.43 bits per heavy atom. The molecule has 0 fully saturated rings. The van der Waals surface area contributed by atoms with E-state index in [2.05, 4.69) is 5.32 Å². The van der Waals surface area contributed by atoms with E-state index in [0.717, 1.165) is 60.6 Å². The SMILES string of the molecule is COc1ccc(OC)c(-c2nn(-c3ccc(C(F)(F)F)cc3)c3c2CCCCN3)c1. The van der Waals surface area contributed by atoms with Crippen molar-refractivity contribution in [2.75, 3.05) is 26.1 Å². The molecule has 0 atom stereocenters. The van der Waals surface area contributed by atoms with Crippen LogP contribution in [0.5, 0.6) is 11.5 Å². The third-order valence-electron chi connectivity index (χ3n) is 5.23. The average Bonchev–Trinajstić information content (AvgIpc) is 2.93. The Labute approximate surface area is 172 Å². The van der Waals surface area contributed by atoms with Crippen LogP contribution in [0.15, 0.2) is 42.5 Å². The zero-order valence-corrected chi connectivity index (χ0v) is 16.7.